The molecule has 1 atom stereocenters. The topological polar surface area (TPSA) is 21.3 Å². The van der Waals surface area contributed by atoms with Gasteiger partial charge in [0.1, 0.15) is 11.9 Å². The molecule has 0 heterocycles. The first-order valence-electron chi connectivity index (χ1n) is 6.41. The van der Waals surface area contributed by atoms with Crippen molar-refractivity contribution >= 4 is 27.5 Å². The molecular weight excluding hydrogens is 314 g/mol. The number of hydrogen-bond acceptors (Lipinski definition) is 2. The Bertz CT molecular complexity index is 407. The van der Waals surface area contributed by atoms with Crippen LogP contribution in [-0.4, -0.2) is 18.7 Å². The van der Waals surface area contributed by atoms with Gasteiger partial charge in [0, 0.05) is 17.6 Å². The minimum Gasteiger partial charge on any atom is -0.488 e. The lowest BCUT2D eigenvalue weighted by molar-refractivity contribution is 0.147. The van der Waals surface area contributed by atoms with E-state index >= 15 is 0 Å². The third-order valence-electron chi connectivity index (χ3n) is 3.10. The number of hydrogen-bond donors (Lipinski definition) is 1. The maximum atomic E-state index is 6.07. The van der Waals surface area contributed by atoms with Crippen molar-refractivity contribution in [3.8, 4) is 5.75 Å². The van der Waals surface area contributed by atoms with Gasteiger partial charge in [0.05, 0.1) is 4.47 Å². The quantitative estimate of drug-likeness (QED) is 0.840. The second-order valence-corrected chi connectivity index (χ2v) is 6.45. The molecule has 1 N–H and O–H groups in total. The van der Waals surface area contributed by atoms with Gasteiger partial charge in [-0.05, 0) is 52.9 Å². The molecule has 0 amide bonds. The second-order valence-electron chi connectivity index (χ2n) is 5.16. The highest BCUT2D eigenvalue weighted by Crippen LogP contribution is 2.29. The van der Waals surface area contributed by atoms with Gasteiger partial charge in [0.25, 0.3) is 0 Å². The van der Waals surface area contributed by atoms with Crippen LogP contribution in [0.3, 0.4) is 0 Å². The lowest BCUT2D eigenvalue weighted by Crippen LogP contribution is -2.36. The maximum Gasteiger partial charge on any atom is 0.134 e. The molecule has 0 radical (unpaired) electrons. The zero-order valence-corrected chi connectivity index (χ0v) is 13.1. The summed E-state index contributed by atoms with van der Waals surface area (Å²) < 4.78 is 6.98. The number of rotatable bonds is 6. The number of ether oxygens (including phenoxy) is 1. The predicted molar refractivity (Wildman–Crippen MR) is 79.4 cm³/mol. The van der Waals surface area contributed by atoms with Crippen LogP contribution < -0.4 is 10.1 Å². The van der Waals surface area contributed by atoms with E-state index in [1.54, 1.807) is 0 Å². The van der Waals surface area contributed by atoms with Gasteiger partial charge in [-0.15, -0.1) is 0 Å². The molecule has 1 aliphatic carbocycles. The number of nitrogens with one attached hydrogen (secondary N) is 1. The van der Waals surface area contributed by atoms with Crippen LogP contribution in [0.4, 0.5) is 0 Å². The van der Waals surface area contributed by atoms with Crippen LogP contribution in [0.25, 0.3) is 0 Å². The Balaban J connectivity index is 1.97. The zero-order chi connectivity index (χ0) is 13.1. The van der Waals surface area contributed by atoms with E-state index in [1.807, 2.05) is 18.2 Å². The predicted octanol–water partition coefficient (Wildman–Crippen LogP) is 4.26. The van der Waals surface area contributed by atoms with Gasteiger partial charge in [-0.3, -0.25) is 0 Å². The standard InChI is InChI=1S/C14H19BrClNO/c1-9(2)14(8-17-11-4-5-11)18-13-6-3-10(16)7-12(13)15/h3,6-7,9,11,14,17H,4-5,8H2,1-2H3. The Morgan fingerprint density at radius 3 is 2.72 bits per heavy atom. The van der Waals surface area contributed by atoms with Gasteiger partial charge in [-0.25, -0.2) is 0 Å². The first kappa shape index (κ1) is 14.2. The second kappa shape index (κ2) is 6.27. The van der Waals surface area contributed by atoms with Gasteiger partial charge in [-0.2, -0.15) is 0 Å². The van der Waals surface area contributed by atoms with Crippen molar-refractivity contribution in [2.45, 2.75) is 38.8 Å². The molecule has 100 valence electrons. The number of halogens is 2. The van der Waals surface area contributed by atoms with E-state index < -0.39 is 0 Å². The Hall–Kier alpha value is -0.250. The average Bonchev–Trinajstić information content (AvgIpc) is 3.10. The van der Waals surface area contributed by atoms with Crippen molar-refractivity contribution in [2.24, 2.45) is 5.92 Å². The summed E-state index contributed by atoms with van der Waals surface area (Å²) >= 11 is 9.42. The minimum atomic E-state index is 0.183. The summed E-state index contributed by atoms with van der Waals surface area (Å²) in [5.74, 6) is 1.33. The summed E-state index contributed by atoms with van der Waals surface area (Å²) in [4.78, 5) is 0. The lowest BCUT2D eigenvalue weighted by atomic mass is 10.1. The third-order valence-corrected chi connectivity index (χ3v) is 3.96. The molecule has 2 nitrogen and oxygen atoms in total. The summed E-state index contributed by atoms with van der Waals surface area (Å²) in [5.41, 5.74) is 0. The molecule has 0 saturated heterocycles. The Kier molecular flexibility index (Phi) is 4.93. The molecule has 1 unspecified atom stereocenters. The fourth-order valence-electron chi connectivity index (χ4n) is 1.72. The average molecular weight is 333 g/mol. The largest absolute Gasteiger partial charge is 0.488 e. The number of benzene rings is 1. The first-order valence-corrected chi connectivity index (χ1v) is 7.58. The highest BCUT2D eigenvalue weighted by atomic mass is 79.9. The van der Waals surface area contributed by atoms with Crippen molar-refractivity contribution in [2.75, 3.05) is 6.54 Å². The molecule has 0 aromatic heterocycles. The first-order chi connectivity index (χ1) is 8.56. The van der Waals surface area contributed by atoms with Gasteiger partial charge >= 0.3 is 0 Å². The van der Waals surface area contributed by atoms with Crippen molar-refractivity contribution in [3.05, 3.63) is 27.7 Å². The van der Waals surface area contributed by atoms with Crippen LogP contribution in [0.1, 0.15) is 26.7 Å². The van der Waals surface area contributed by atoms with E-state index in [4.69, 9.17) is 16.3 Å². The van der Waals surface area contributed by atoms with E-state index in [1.165, 1.54) is 12.8 Å². The van der Waals surface area contributed by atoms with Crippen LogP contribution >= 0.6 is 27.5 Å². The van der Waals surface area contributed by atoms with Gasteiger partial charge in [0.15, 0.2) is 0 Å². The van der Waals surface area contributed by atoms with Gasteiger partial charge in [-0.1, -0.05) is 25.4 Å². The summed E-state index contributed by atoms with van der Waals surface area (Å²) in [6.45, 7) is 5.27. The fourth-order valence-corrected chi connectivity index (χ4v) is 2.49. The Morgan fingerprint density at radius 1 is 1.44 bits per heavy atom. The fraction of sp³-hybridized carbons (Fsp3) is 0.571. The maximum absolute atomic E-state index is 6.07. The van der Waals surface area contributed by atoms with Crippen molar-refractivity contribution in [3.63, 3.8) is 0 Å². The van der Waals surface area contributed by atoms with E-state index in [-0.39, 0.29) is 6.10 Å². The molecule has 1 fully saturated rings. The molecule has 0 aliphatic heterocycles. The van der Waals surface area contributed by atoms with Crippen molar-refractivity contribution < 1.29 is 4.74 Å². The molecule has 1 saturated carbocycles. The van der Waals surface area contributed by atoms with E-state index in [0.717, 1.165) is 16.8 Å². The van der Waals surface area contributed by atoms with E-state index in [9.17, 15) is 0 Å². The van der Waals surface area contributed by atoms with Crippen LogP contribution in [0, 0.1) is 5.92 Å². The molecule has 18 heavy (non-hydrogen) atoms. The van der Waals surface area contributed by atoms with Crippen molar-refractivity contribution in [1.29, 1.82) is 0 Å². The van der Waals surface area contributed by atoms with E-state index in [2.05, 4.69) is 35.1 Å². The Morgan fingerprint density at radius 2 is 2.17 bits per heavy atom. The highest BCUT2D eigenvalue weighted by Gasteiger charge is 2.24. The molecule has 4 heteroatoms. The SMILES string of the molecule is CC(C)C(CNC1CC1)Oc1ccc(Cl)cc1Br. The smallest absolute Gasteiger partial charge is 0.134 e. The molecule has 1 aromatic rings. The van der Waals surface area contributed by atoms with Crippen LogP contribution in [0.2, 0.25) is 5.02 Å². The van der Waals surface area contributed by atoms with Gasteiger partial charge < -0.3 is 10.1 Å². The van der Waals surface area contributed by atoms with Crippen molar-refractivity contribution in [1.82, 2.24) is 5.32 Å². The molecule has 1 aromatic carbocycles. The van der Waals surface area contributed by atoms with Crippen LogP contribution in [-0.2, 0) is 0 Å². The molecular formula is C14H19BrClNO. The molecule has 0 spiro atoms. The Labute approximate surface area is 122 Å². The van der Waals surface area contributed by atoms with Gasteiger partial charge in [0.2, 0.25) is 0 Å². The monoisotopic (exact) mass is 331 g/mol. The normalized spacial score (nSPS) is 16.9. The lowest BCUT2D eigenvalue weighted by Gasteiger charge is -2.23. The summed E-state index contributed by atoms with van der Waals surface area (Å²) in [5, 5.41) is 4.24. The molecule has 1 aliphatic rings. The van der Waals surface area contributed by atoms with E-state index in [0.29, 0.717) is 17.0 Å². The zero-order valence-electron chi connectivity index (χ0n) is 10.7. The van der Waals surface area contributed by atoms with Crippen LogP contribution in [0.5, 0.6) is 5.75 Å². The summed E-state index contributed by atoms with van der Waals surface area (Å²) in [7, 11) is 0. The molecule has 2 rings (SSSR count). The highest BCUT2D eigenvalue weighted by molar-refractivity contribution is 9.10. The van der Waals surface area contributed by atoms with Crippen LogP contribution in [0.15, 0.2) is 22.7 Å². The third kappa shape index (κ3) is 4.15. The summed E-state index contributed by atoms with van der Waals surface area (Å²) in [6, 6.07) is 6.35. The minimum absolute atomic E-state index is 0.183. The summed E-state index contributed by atoms with van der Waals surface area (Å²) in [6.07, 6.45) is 2.79. The molecule has 0 bridgehead atoms.